The molecule has 1 aromatic rings. The fourth-order valence-corrected chi connectivity index (χ4v) is 1.21. The summed E-state index contributed by atoms with van der Waals surface area (Å²) in [5.41, 5.74) is 7.39. The predicted octanol–water partition coefficient (Wildman–Crippen LogP) is 1.53. The fourth-order valence-electron chi connectivity index (χ4n) is 1.21. The topological polar surface area (TPSA) is 62.3 Å². The van der Waals surface area contributed by atoms with E-state index in [1.54, 1.807) is 24.3 Å². The van der Waals surface area contributed by atoms with E-state index in [4.69, 9.17) is 15.8 Å². The molecule has 0 saturated carbocycles. The van der Waals surface area contributed by atoms with Gasteiger partial charge in [-0.25, -0.2) is 0 Å². The van der Waals surface area contributed by atoms with Gasteiger partial charge in [-0.3, -0.25) is 9.90 Å². The van der Waals surface area contributed by atoms with Crippen LogP contribution in [-0.4, -0.2) is 13.7 Å². The summed E-state index contributed by atoms with van der Waals surface area (Å²) >= 11 is 0. The Morgan fingerprint density at radius 1 is 1.57 bits per heavy atom. The van der Waals surface area contributed by atoms with E-state index in [2.05, 4.69) is 0 Å². The lowest BCUT2D eigenvalue weighted by molar-refractivity contribution is 0.171. The van der Waals surface area contributed by atoms with Crippen LogP contribution in [0.25, 0.3) is 0 Å². The van der Waals surface area contributed by atoms with E-state index < -0.39 is 0 Å². The van der Waals surface area contributed by atoms with Crippen molar-refractivity contribution in [1.29, 1.82) is 5.26 Å². The van der Waals surface area contributed by atoms with Crippen molar-refractivity contribution in [2.24, 2.45) is 0 Å². The van der Waals surface area contributed by atoms with Gasteiger partial charge in [-0.1, -0.05) is 0 Å². The summed E-state index contributed by atoms with van der Waals surface area (Å²) in [5, 5.41) is 10.5. The first-order chi connectivity index (χ1) is 6.72. The van der Waals surface area contributed by atoms with Crippen molar-refractivity contribution in [2.75, 3.05) is 24.5 Å². The van der Waals surface area contributed by atoms with Crippen LogP contribution in [0.3, 0.4) is 0 Å². The van der Waals surface area contributed by atoms with Crippen molar-refractivity contribution in [3.8, 4) is 6.07 Å². The average molecular weight is 191 g/mol. The number of nitrogens with two attached hydrogens (primary N) is 1. The van der Waals surface area contributed by atoms with Crippen molar-refractivity contribution < 1.29 is 4.84 Å². The molecule has 0 bridgehead atoms. The summed E-state index contributed by atoms with van der Waals surface area (Å²) in [6, 6.07) is 7.27. The second kappa shape index (κ2) is 4.49. The Kier molecular flexibility index (Phi) is 3.32. The lowest BCUT2D eigenvalue weighted by Crippen LogP contribution is -2.20. The molecule has 14 heavy (non-hydrogen) atoms. The van der Waals surface area contributed by atoms with Crippen LogP contribution in [0.2, 0.25) is 0 Å². The maximum Gasteiger partial charge on any atom is 0.101 e. The minimum Gasteiger partial charge on any atom is -0.398 e. The van der Waals surface area contributed by atoms with Gasteiger partial charge >= 0.3 is 0 Å². The standard InChI is InChI=1S/C10H13N3O/c1-3-13(14-2)9-4-5-10(12)8(6-9)7-11/h4-6H,3,12H2,1-2H3. The highest BCUT2D eigenvalue weighted by atomic mass is 16.7. The van der Waals surface area contributed by atoms with E-state index >= 15 is 0 Å². The number of rotatable bonds is 3. The molecule has 0 atom stereocenters. The van der Waals surface area contributed by atoms with Crippen molar-refractivity contribution in [1.82, 2.24) is 0 Å². The van der Waals surface area contributed by atoms with Crippen LogP contribution in [0.5, 0.6) is 0 Å². The van der Waals surface area contributed by atoms with Crippen LogP contribution >= 0.6 is 0 Å². The summed E-state index contributed by atoms with van der Waals surface area (Å²) in [6.45, 7) is 2.68. The van der Waals surface area contributed by atoms with Gasteiger partial charge in [0, 0.05) is 12.2 Å². The van der Waals surface area contributed by atoms with Gasteiger partial charge in [-0.05, 0) is 25.1 Å². The van der Waals surface area contributed by atoms with Crippen LogP contribution in [-0.2, 0) is 4.84 Å². The Bertz CT molecular complexity index is 353. The number of benzene rings is 1. The number of hydrogen-bond acceptors (Lipinski definition) is 4. The molecular weight excluding hydrogens is 178 g/mol. The number of hydrogen-bond donors (Lipinski definition) is 1. The SMILES string of the molecule is CCN(OC)c1ccc(N)c(C#N)c1. The van der Waals surface area contributed by atoms with Crippen LogP contribution in [0.1, 0.15) is 12.5 Å². The molecule has 74 valence electrons. The molecule has 0 spiro atoms. The summed E-state index contributed by atoms with van der Waals surface area (Å²) in [7, 11) is 1.59. The molecule has 1 rings (SSSR count). The largest absolute Gasteiger partial charge is 0.398 e. The van der Waals surface area contributed by atoms with Crippen LogP contribution in [0, 0.1) is 11.3 Å². The summed E-state index contributed by atoms with van der Waals surface area (Å²) in [5.74, 6) is 0. The maximum absolute atomic E-state index is 8.78. The van der Waals surface area contributed by atoms with E-state index in [0.29, 0.717) is 17.8 Å². The molecule has 0 aromatic heterocycles. The molecule has 0 fully saturated rings. The number of nitriles is 1. The molecule has 1 aromatic carbocycles. The van der Waals surface area contributed by atoms with Gasteiger partial charge in [-0.2, -0.15) is 5.26 Å². The molecule has 0 heterocycles. The lowest BCUT2D eigenvalue weighted by atomic mass is 10.2. The maximum atomic E-state index is 8.78. The smallest absolute Gasteiger partial charge is 0.101 e. The highest BCUT2D eigenvalue weighted by Crippen LogP contribution is 2.20. The van der Waals surface area contributed by atoms with Crippen LogP contribution < -0.4 is 10.8 Å². The van der Waals surface area contributed by atoms with E-state index in [1.165, 1.54) is 0 Å². The highest BCUT2D eigenvalue weighted by molar-refractivity contribution is 5.61. The normalized spacial score (nSPS) is 9.50. The van der Waals surface area contributed by atoms with Gasteiger partial charge in [0.2, 0.25) is 0 Å². The third kappa shape index (κ3) is 1.95. The predicted molar refractivity (Wildman–Crippen MR) is 55.6 cm³/mol. The first-order valence-electron chi connectivity index (χ1n) is 4.34. The lowest BCUT2D eigenvalue weighted by Gasteiger charge is -2.19. The van der Waals surface area contributed by atoms with E-state index in [-0.39, 0.29) is 0 Å². The Hall–Kier alpha value is -1.73. The minimum atomic E-state index is 0.470. The van der Waals surface area contributed by atoms with Crippen molar-refractivity contribution >= 4 is 11.4 Å². The minimum absolute atomic E-state index is 0.470. The van der Waals surface area contributed by atoms with Crippen LogP contribution in [0.15, 0.2) is 18.2 Å². The Morgan fingerprint density at radius 2 is 2.29 bits per heavy atom. The molecule has 2 N–H and O–H groups in total. The molecule has 0 saturated heterocycles. The van der Waals surface area contributed by atoms with E-state index in [1.807, 2.05) is 19.1 Å². The van der Waals surface area contributed by atoms with E-state index in [0.717, 1.165) is 5.69 Å². The first kappa shape index (κ1) is 10.4. The molecule has 4 nitrogen and oxygen atoms in total. The van der Waals surface area contributed by atoms with Gasteiger partial charge in [0.25, 0.3) is 0 Å². The van der Waals surface area contributed by atoms with Crippen LogP contribution in [0.4, 0.5) is 11.4 Å². The molecule has 4 heteroatoms. The first-order valence-corrected chi connectivity index (χ1v) is 4.34. The van der Waals surface area contributed by atoms with Crippen molar-refractivity contribution in [2.45, 2.75) is 6.92 Å². The third-order valence-corrected chi connectivity index (χ3v) is 1.95. The molecule has 0 aliphatic carbocycles. The summed E-state index contributed by atoms with van der Waals surface area (Å²) in [4.78, 5) is 5.11. The number of nitrogen functional groups attached to an aromatic ring is 1. The number of nitrogens with zero attached hydrogens (tertiary/aromatic N) is 2. The second-order valence-electron chi connectivity index (χ2n) is 2.76. The van der Waals surface area contributed by atoms with Gasteiger partial charge in [-0.15, -0.1) is 0 Å². The summed E-state index contributed by atoms with van der Waals surface area (Å²) in [6.07, 6.45) is 0. The molecular formula is C10H13N3O. The zero-order valence-corrected chi connectivity index (χ0v) is 8.32. The Labute approximate surface area is 83.5 Å². The number of hydroxylamine groups is 1. The third-order valence-electron chi connectivity index (χ3n) is 1.95. The van der Waals surface area contributed by atoms with E-state index in [9.17, 15) is 0 Å². The zero-order valence-electron chi connectivity index (χ0n) is 8.32. The zero-order chi connectivity index (χ0) is 10.6. The van der Waals surface area contributed by atoms with Gasteiger partial charge in [0.1, 0.15) is 6.07 Å². The Morgan fingerprint density at radius 3 is 2.79 bits per heavy atom. The monoisotopic (exact) mass is 191 g/mol. The second-order valence-corrected chi connectivity index (χ2v) is 2.76. The summed E-state index contributed by atoms with van der Waals surface area (Å²) < 4.78 is 0. The fraction of sp³-hybridized carbons (Fsp3) is 0.300. The molecule has 0 amide bonds. The Balaban J connectivity index is 3.06. The molecule has 0 aliphatic rings. The van der Waals surface area contributed by atoms with Gasteiger partial charge in [0.15, 0.2) is 0 Å². The quantitative estimate of drug-likeness (QED) is 0.581. The van der Waals surface area contributed by atoms with Crippen molar-refractivity contribution in [3.63, 3.8) is 0 Å². The molecule has 0 unspecified atom stereocenters. The molecule has 0 radical (unpaired) electrons. The molecule has 0 aliphatic heterocycles. The average Bonchev–Trinajstić information content (AvgIpc) is 2.22. The van der Waals surface area contributed by atoms with Gasteiger partial charge < -0.3 is 5.73 Å². The number of anilines is 2. The van der Waals surface area contributed by atoms with Gasteiger partial charge in [0.05, 0.1) is 18.4 Å². The highest BCUT2D eigenvalue weighted by Gasteiger charge is 2.05. The van der Waals surface area contributed by atoms with Crippen molar-refractivity contribution in [3.05, 3.63) is 23.8 Å².